The number of ether oxygens (including phenoxy) is 2. The maximum Gasteiger partial charge on any atom is 0.262 e. The van der Waals surface area contributed by atoms with Gasteiger partial charge in [0, 0.05) is 37.4 Å². The minimum absolute atomic E-state index is 0.0773. The van der Waals surface area contributed by atoms with Crippen LogP contribution in [-0.4, -0.2) is 59.1 Å². The van der Waals surface area contributed by atoms with E-state index in [1.54, 1.807) is 55.3 Å². The fourth-order valence-electron chi connectivity index (χ4n) is 4.22. The molecule has 3 aromatic rings. The van der Waals surface area contributed by atoms with Crippen molar-refractivity contribution in [1.82, 2.24) is 4.90 Å². The van der Waals surface area contributed by atoms with Crippen LogP contribution in [0.15, 0.2) is 71.6 Å². The van der Waals surface area contributed by atoms with Gasteiger partial charge in [-0.05, 0) is 67.9 Å². The Hall–Kier alpha value is -3.72. The first-order valence-corrected chi connectivity index (χ1v) is 13.3. The van der Waals surface area contributed by atoms with Gasteiger partial charge in [-0.1, -0.05) is 18.2 Å². The largest absolute Gasteiger partial charge is 0.497 e. The monoisotopic (exact) mass is 509 g/mol. The predicted molar refractivity (Wildman–Crippen MR) is 141 cm³/mol. The molecule has 0 radical (unpaired) electrons. The third-order valence-corrected chi connectivity index (χ3v) is 7.66. The molecule has 0 atom stereocenters. The van der Waals surface area contributed by atoms with Crippen molar-refractivity contribution in [2.24, 2.45) is 0 Å². The summed E-state index contributed by atoms with van der Waals surface area (Å²) in [5.74, 6) is 1.27. The Kier molecular flexibility index (Phi) is 7.69. The molecule has 1 N–H and O–H groups in total. The zero-order valence-corrected chi connectivity index (χ0v) is 21.5. The first kappa shape index (κ1) is 25.4. The standard InChI is InChI=1S/C27H31N3O5S/c1-4-35-25-8-6-5-7-24(25)29-15-17-30(18-16-29)27(31)21-10-9-20(2)26(19-21)36(32,33)28-22-11-13-23(34-3)14-12-22/h5-14,19,28H,4,15-18H2,1-3H3. The number of carbonyl (C=O) groups excluding carboxylic acids is 1. The minimum atomic E-state index is -3.89. The number of nitrogens with zero attached hydrogens (tertiary/aromatic N) is 2. The quantitative estimate of drug-likeness (QED) is 0.491. The summed E-state index contributed by atoms with van der Waals surface area (Å²) in [5.41, 5.74) is 2.33. The Morgan fingerprint density at radius 1 is 0.972 bits per heavy atom. The number of hydrogen-bond acceptors (Lipinski definition) is 6. The van der Waals surface area contributed by atoms with Crippen molar-refractivity contribution >= 4 is 27.3 Å². The molecule has 1 amide bonds. The molecule has 0 spiro atoms. The van der Waals surface area contributed by atoms with Crippen LogP contribution >= 0.6 is 0 Å². The summed E-state index contributed by atoms with van der Waals surface area (Å²) in [5, 5.41) is 0. The van der Waals surface area contributed by atoms with Crippen molar-refractivity contribution in [3.8, 4) is 11.5 Å². The summed E-state index contributed by atoms with van der Waals surface area (Å²) in [6.07, 6.45) is 0. The zero-order valence-electron chi connectivity index (χ0n) is 20.7. The molecule has 36 heavy (non-hydrogen) atoms. The van der Waals surface area contributed by atoms with E-state index in [0.717, 1.165) is 11.4 Å². The number of aryl methyl sites for hydroxylation is 1. The van der Waals surface area contributed by atoms with Crippen LogP contribution in [-0.2, 0) is 10.0 Å². The SMILES string of the molecule is CCOc1ccccc1N1CCN(C(=O)c2ccc(C)c(S(=O)(=O)Nc3ccc(OC)cc3)c2)CC1. The van der Waals surface area contributed by atoms with Gasteiger partial charge in [-0.25, -0.2) is 8.42 Å². The molecular weight excluding hydrogens is 478 g/mol. The molecule has 9 heteroatoms. The lowest BCUT2D eigenvalue weighted by Gasteiger charge is -2.36. The second-order valence-corrected chi connectivity index (χ2v) is 10.1. The van der Waals surface area contributed by atoms with Gasteiger partial charge in [0.15, 0.2) is 0 Å². The number of sulfonamides is 1. The van der Waals surface area contributed by atoms with E-state index in [1.165, 1.54) is 6.07 Å². The lowest BCUT2D eigenvalue weighted by Crippen LogP contribution is -2.48. The van der Waals surface area contributed by atoms with E-state index >= 15 is 0 Å². The molecule has 1 aliphatic heterocycles. The minimum Gasteiger partial charge on any atom is -0.497 e. The van der Waals surface area contributed by atoms with Gasteiger partial charge in [-0.2, -0.15) is 0 Å². The lowest BCUT2D eigenvalue weighted by atomic mass is 10.1. The molecule has 8 nitrogen and oxygen atoms in total. The number of nitrogens with one attached hydrogen (secondary N) is 1. The topological polar surface area (TPSA) is 88.2 Å². The summed E-state index contributed by atoms with van der Waals surface area (Å²) in [7, 11) is -2.34. The number of rotatable bonds is 8. The fraction of sp³-hybridized carbons (Fsp3) is 0.296. The van der Waals surface area contributed by atoms with E-state index in [-0.39, 0.29) is 10.8 Å². The van der Waals surface area contributed by atoms with Crippen LogP contribution in [0.2, 0.25) is 0 Å². The van der Waals surface area contributed by atoms with Gasteiger partial charge < -0.3 is 19.3 Å². The van der Waals surface area contributed by atoms with Crippen LogP contribution < -0.4 is 19.1 Å². The van der Waals surface area contributed by atoms with Crippen LogP contribution in [0.5, 0.6) is 11.5 Å². The van der Waals surface area contributed by atoms with Crippen molar-refractivity contribution in [3.05, 3.63) is 77.9 Å². The van der Waals surface area contributed by atoms with Crippen LogP contribution in [0.1, 0.15) is 22.8 Å². The molecule has 4 rings (SSSR count). The lowest BCUT2D eigenvalue weighted by molar-refractivity contribution is 0.0746. The number of carbonyl (C=O) groups is 1. The van der Waals surface area contributed by atoms with E-state index in [2.05, 4.69) is 9.62 Å². The molecule has 190 valence electrons. The van der Waals surface area contributed by atoms with Crippen LogP contribution in [0.25, 0.3) is 0 Å². The number of benzene rings is 3. The molecule has 0 bridgehead atoms. The van der Waals surface area contributed by atoms with Gasteiger partial charge in [0.05, 0.1) is 24.3 Å². The number of anilines is 2. The van der Waals surface area contributed by atoms with Crippen molar-refractivity contribution in [3.63, 3.8) is 0 Å². The van der Waals surface area contributed by atoms with Gasteiger partial charge in [0.25, 0.3) is 15.9 Å². The summed E-state index contributed by atoms with van der Waals surface area (Å²) < 4.78 is 39.7. The highest BCUT2D eigenvalue weighted by molar-refractivity contribution is 7.92. The van der Waals surface area contributed by atoms with E-state index in [4.69, 9.17) is 9.47 Å². The molecule has 0 aromatic heterocycles. The van der Waals surface area contributed by atoms with Gasteiger partial charge in [-0.3, -0.25) is 9.52 Å². The third kappa shape index (κ3) is 5.57. The van der Waals surface area contributed by atoms with Crippen LogP contribution in [0.4, 0.5) is 11.4 Å². The number of para-hydroxylation sites is 2. The zero-order chi connectivity index (χ0) is 25.7. The Morgan fingerprint density at radius 3 is 2.33 bits per heavy atom. The summed E-state index contributed by atoms with van der Waals surface area (Å²) in [6.45, 7) is 6.62. The Balaban J connectivity index is 1.47. The van der Waals surface area contributed by atoms with Gasteiger partial charge in [0.2, 0.25) is 0 Å². The fourth-order valence-corrected chi connectivity index (χ4v) is 5.55. The molecule has 0 aliphatic carbocycles. The van der Waals surface area contributed by atoms with Crippen molar-refractivity contribution < 1.29 is 22.7 Å². The predicted octanol–water partition coefficient (Wildman–Crippen LogP) is 4.17. The van der Waals surface area contributed by atoms with E-state index < -0.39 is 10.0 Å². The van der Waals surface area contributed by atoms with E-state index in [9.17, 15) is 13.2 Å². The first-order valence-electron chi connectivity index (χ1n) is 11.9. The molecule has 3 aromatic carbocycles. The highest BCUT2D eigenvalue weighted by atomic mass is 32.2. The van der Waals surface area contributed by atoms with Crippen molar-refractivity contribution in [2.75, 3.05) is 49.5 Å². The highest BCUT2D eigenvalue weighted by Gasteiger charge is 2.26. The second-order valence-electron chi connectivity index (χ2n) is 8.49. The van der Waals surface area contributed by atoms with Gasteiger partial charge in [0.1, 0.15) is 11.5 Å². The maximum atomic E-state index is 13.3. The normalized spacial score (nSPS) is 13.9. The molecule has 0 unspecified atom stereocenters. The summed E-state index contributed by atoms with van der Waals surface area (Å²) in [4.78, 5) is 17.3. The van der Waals surface area contributed by atoms with Crippen molar-refractivity contribution in [1.29, 1.82) is 0 Å². The molecule has 1 fully saturated rings. The van der Waals surface area contributed by atoms with Crippen molar-refractivity contribution in [2.45, 2.75) is 18.7 Å². The highest BCUT2D eigenvalue weighted by Crippen LogP contribution is 2.29. The summed E-state index contributed by atoms with van der Waals surface area (Å²) in [6, 6.07) is 19.3. The third-order valence-electron chi connectivity index (χ3n) is 6.14. The number of amides is 1. The smallest absolute Gasteiger partial charge is 0.262 e. The second kappa shape index (κ2) is 10.9. The molecule has 1 saturated heterocycles. The van der Waals surface area contributed by atoms with Crippen LogP contribution in [0, 0.1) is 6.92 Å². The Morgan fingerprint density at radius 2 is 1.67 bits per heavy atom. The maximum absolute atomic E-state index is 13.3. The van der Waals surface area contributed by atoms with E-state index in [1.807, 2.05) is 31.2 Å². The molecule has 0 saturated carbocycles. The molecular formula is C27H31N3O5S. The number of methoxy groups -OCH3 is 1. The number of piperazine rings is 1. The number of hydrogen-bond donors (Lipinski definition) is 1. The van der Waals surface area contributed by atoms with Crippen LogP contribution in [0.3, 0.4) is 0 Å². The average molecular weight is 510 g/mol. The summed E-state index contributed by atoms with van der Waals surface area (Å²) >= 11 is 0. The Labute approximate surface area is 212 Å². The molecule has 1 heterocycles. The van der Waals surface area contributed by atoms with Gasteiger partial charge >= 0.3 is 0 Å². The Bertz CT molecular complexity index is 1320. The van der Waals surface area contributed by atoms with E-state index in [0.29, 0.717) is 55.3 Å². The first-order chi connectivity index (χ1) is 17.3. The van der Waals surface area contributed by atoms with Gasteiger partial charge in [-0.15, -0.1) is 0 Å². The molecule has 1 aliphatic rings. The average Bonchev–Trinajstić information content (AvgIpc) is 2.89.